The summed E-state index contributed by atoms with van der Waals surface area (Å²) in [5.41, 5.74) is 2.50. The summed E-state index contributed by atoms with van der Waals surface area (Å²) >= 11 is 5.93. The number of hydrogen-bond acceptors (Lipinski definition) is 1. The van der Waals surface area contributed by atoms with Crippen LogP contribution in [0, 0.1) is 5.82 Å². The van der Waals surface area contributed by atoms with Gasteiger partial charge in [-0.1, -0.05) is 18.2 Å². The number of halogens is 2. The zero-order valence-corrected chi connectivity index (χ0v) is 9.50. The van der Waals surface area contributed by atoms with Crippen LogP contribution in [-0.4, -0.2) is 9.78 Å². The molecule has 0 aliphatic heterocycles. The highest BCUT2D eigenvalue weighted by Crippen LogP contribution is 2.22. The van der Waals surface area contributed by atoms with Crippen LogP contribution in [0.1, 0.15) is 12.5 Å². The highest BCUT2D eigenvalue weighted by molar-refractivity contribution is 6.32. The van der Waals surface area contributed by atoms with Crippen molar-refractivity contribution in [3.8, 4) is 5.69 Å². The van der Waals surface area contributed by atoms with E-state index in [0.29, 0.717) is 10.7 Å². The maximum absolute atomic E-state index is 12.9. The highest BCUT2D eigenvalue weighted by atomic mass is 35.5. The van der Waals surface area contributed by atoms with Crippen LogP contribution in [0.5, 0.6) is 0 Å². The van der Waals surface area contributed by atoms with Gasteiger partial charge in [0.2, 0.25) is 0 Å². The second-order valence-electron chi connectivity index (χ2n) is 3.55. The molecule has 1 heterocycles. The molecule has 0 atom stereocenters. The van der Waals surface area contributed by atoms with Crippen LogP contribution >= 0.6 is 11.6 Å². The molecule has 0 saturated heterocycles. The van der Waals surface area contributed by atoms with E-state index < -0.39 is 0 Å². The number of nitrogens with zero attached hydrogens (tertiary/aromatic N) is 2. The van der Waals surface area contributed by atoms with Crippen LogP contribution in [0.2, 0.25) is 5.02 Å². The lowest BCUT2D eigenvalue weighted by Gasteiger charge is -2.03. The largest absolute Gasteiger partial charge is 0.239 e. The van der Waals surface area contributed by atoms with Gasteiger partial charge in [0.05, 0.1) is 16.9 Å². The second kappa shape index (κ2) is 4.10. The smallest absolute Gasteiger partial charge is 0.124 e. The molecule has 82 valence electrons. The molecule has 1 aromatic heterocycles. The van der Waals surface area contributed by atoms with Gasteiger partial charge >= 0.3 is 0 Å². The minimum atomic E-state index is -0.360. The molecule has 1 aromatic carbocycles. The molecule has 0 spiro atoms. The molecule has 2 nitrogen and oxygen atoms in total. The van der Waals surface area contributed by atoms with Crippen LogP contribution in [0.4, 0.5) is 4.39 Å². The molecule has 0 N–H and O–H groups in total. The van der Waals surface area contributed by atoms with E-state index in [0.717, 1.165) is 11.1 Å². The first kappa shape index (κ1) is 10.9. The minimum absolute atomic E-state index is 0.330. The van der Waals surface area contributed by atoms with Crippen molar-refractivity contribution in [2.75, 3.05) is 0 Å². The van der Waals surface area contributed by atoms with Gasteiger partial charge in [-0.15, -0.1) is 0 Å². The Bertz CT molecular complexity index is 546. The van der Waals surface area contributed by atoms with E-state index in [2.05, 4.69) is 11.7 Å². The van der Waals surface area contributed by atoms with Gasteiger partial charge in [0.25, 0.3) is 0 Å². The molecule has 0 saturated carbocycles. The number of aromatic nitrogens is 2. The molecule has 0 radical (unpaired) electrons. The molecule has 16 heavy (non-hydrogen) atoms. The maximum atomic E-state index is 12.9. The Labute approximate surface area is 98.0 Å². The first-order chi connectivity index (χ1) is 7.58. The van der Waals surface area contributed by atoms with Crippen molar-refractivity contribution in [2.45, 2.75) is 6.92 Å². The molecule has 0 amide bonds. The van der Waals surface area contributed by atoms with E-state index in [-0.39, 0.29) is 5.82 Å². The van der Waals surface area contributed by atoms with Crippen LogP contribution in [-0.2, 0) is 0 Å². The Hall–Kier alpha value is -1.61. The van der Waals surface area contributed by atoms with E-state index in [1.54, 1.807) is 23.1 Å². The topological polar surface area (TPSA) is 17.8 Å². The number of hydrogen-bond donors (Lipinski definition) is 0. The molecular formula is C12H10ClFN2. The number of rotatable bonds is 2. The summed E-state index contributed by atoms with van der Waals surface area (Å²) in [6, 6.07) is 4.20. The lowest BCUT2D eigenvalue weighted by atomic mass is 10.2. The second-order valence-corrected chi connectivity index (χ2v) is 3.96. The summed E-state index contributed by atoms with van der Waals surface area (Å²) in [6.45, 7) is 5.72. The minimum Gasteiger partial charge on any atom is -0.239 e. The van der Waals surface area contributed by atoms with E-state index in [1.165, 1.54) is 12.1 Å². The van der Waals surface area contributed by atoms with Gasteiger partial charge in [0.15, 0.2) is 0 Å². The lowest BCUT2D eigenvalue weighted by Crippen LogP contribution is -1.95. The van der Waals surface area contributed by atoms with Gasteiger partial charge in [-0.3, -0.25) is 0 Å². The van der Waals surface area contributed by atoms with Crippen molar-refractivity contribution >= 4 is 17.2 Å². The van der Waals surface area contributed by atoms with Crippen LogP contribution in [0.25, 0.3) is 11.3 Å². The average molecular weight is 237 g/mol. The Balaban J connectivity index is 2.46. The zero-order valence-electron chi connectivity index (χ0n) is 8.74. The van der Waals surface area contributed by atoms with Crippen molar-refractivity contribution in [2.24, 2.45) is 0 Å². The highest BCUT2D eigenvalue weighted by Gasteiger charge is 2.06. The van der Waals surface area contributed by atoms with Gasteiger partial charge in [-0.25, -0.2) is 9.07 Å². The SMILES string of the molecule is C=C(C)c1cnn(-c2ccc(F)cc2Cl)c1. The van der Waals surface area contributed by atoms with Gasteiger partial charge < -0.3 is 0 Å². The van der Waals surface area contributed by atoms with Crippen LogP contribution in [0.3, 0.4) is 0 Å². The molecule has 2 aromatic rings. The van der Waals surface area contributed by atoms with E-state index in [1.807, 2.05) is 6.92 Å². The first-order valence-corrected chi connectivity index (χ1v) is 5.11. The third-order valence-electron chi connectivity index (χ3n) is 2.23. The van der Waals surface area contributed by atoms with E-state index in [4.69, 9.17) is 11.6 Å². The average Bonchev–Trinajstić information content (AvgIpc) is 2.66. The predicted molar refractivity (Wildman–Crippen MR) is 63.2 cm³/mol. The van der Waals surface area contributed by atoms with Gasteiger partial charge in [-0.2, -0.15) is 5.10 Å². The molecule has 0 unspecified atom stereocenters. The number of benzene rings is 1. The molecule has 0 aliphatic rings. The fraction of sp³-hybridized carbons (Fsp3) is 0.0833. The molecule has 0 fully saturated rings. The first-order valence-electron chi connectivity index (χ1n) is 4.74. The summed E-state index contributed by atoms with van der Waals surface area (Å²) in [5, 5.41) is 4.48. The third-order valence-corrected chi connectivity index (χ3v) is 2.53. The van der Waals surface area contributed by atoms with Crippen molar-refractivity contribution in [1.82, 2.24) is 9.78 Å². The maximum Gasteiger partial charge on any atom is 0.124 e. The summed E-state index contributed by atoms with van der Waals surface area (Å²) in [5.74, 6) is -0.360. The van der Waals surface area contributed by atoms with Crippen LogP contribution in [0.15, 0.2) is 37.2 Å². The van der Waals surface area contributed by atoms with Crippen LogP contribution < -0.4 is 0 Å². The van der Waals surface area contributed by atoms with Gasteiger partial charge in [0.1, 0.15) is 5.82 Å². The quantitative estimate of drug-likeness (QED) is 0.778. The predicted octanol–water partition coefficient (Wildman–Crippen LogP) is 3.70. The van der Waals surface area contributed by atoms with Crippen molar-refractivity contribution < 1.29 is 4.39 Å². The molecule has 0 bridgehead atoms. The van der Waals surface area contributed by atoms with Crippen molar-refractivity contribution in [3.63, 3.8) is 0 Å². The normalized spacial score (nSPS) is 10.4. The third kappa shape index (κ3) is 1.99. The van der Waals surface area contributed by atoms with Gasteiger partial charge in [0, 0.05) is 11.8 Å². The zero-order chi connectivity index (χ0) is 11.7. The Morgan fingerprint density at radius 3 is 2.81 bits per heavy atom. The summed E-state index contributed by atoms with van der Waals surface area (Å²) in [4.78, 5) is 0. The molecule has 4 heteroatoms. The monoisotopic (exact) mass is 236 g/mol. The summed E-state index contributed by atoms with van der Waals surface area (Å²) < 4.78 is 14.5. The van der Waals surface area contributed by atoms with Crippen molar-refractivity contribution in [1.29, 1.82) is 0 Å². The van der Waals surface area contributed by atoms with Crippen molar-refractivity contribution in [3.05, 3.63) is 53.6 Å². The standard InChI is InChI=1S/C12H10ClFN2/c1-8(2)9-6-15-16(7-9)12-4-3-10(14)5-11(12)13/h3-7H,1H2,2H3. The van der Waals surface area contributed by atoms with Gasteiger partial charge in [-0.05, 0) is 30.7 Å². The Kier molecular flexibility index (Phi) is 2.79. The fourth-order valence-corrected chi connectivity index (χ4v) is 1.60. The summed E-state index contributed by atoms with van der Waals surface area (Å²) in [6.07, 6.45) is 3.50. The number of allylic oxidation sites excluding steroid dienone is 1. The molecule has 2 rings (SSSR count). The van der Waals surface area contributed by atoms with E-state index >= 15 is 0 Å². The molecular weight excluding hydrogens is 227 g/mol. The summed E-state index contributed by atoms with van der Waals surface area (Å²) in [7, 11) is 0. The lowest BCUT2D eigenvalue weighted by molar-refractivity contribution is 0.627. The Morgan fingerprint density at radius 2 is 2.25 bits per heavy atom. The Morgan fingerprint density at radius 1 is 1.50 bits per heavy atom. The fourth-order valence-electron chi connectivity index (χ4n) is 1.34. The molecule has 0 aliphatic carbocycles. The van der Waals surface area contributed by atoms with E-state index in [9.17, 15) is 4.39 Å².